The number of hydrogen-bond acceptors (Lipinski definition) is 3. The van der Waals surface area contributed by atoms with Crippen LogP contribution in [-0.2, 0) is 4.79 Å². The van der Waals surface area contributed by atoms with Crippen molar-refractivity contribution in [2.75, 3.05) is 26.2 Å². The second-order valence-corrected chi connectivity index (χ2v) is 7.65. The van der Waals surface area contributed by atoms with Crippen LogP contribution in [0.4, 0.5) is 0 Å². The maximum Gasteiger partial charge on any atom is 0.254 e. The molecule has 1 fully saturated rings. The van der Waals surface area contributed by atoms with Crippen LogP contribution in [0, 0.1) is 0 Å². The van der Waals surface area contributed by atoms with Crippen molar-refractivity contribution in [2.24, 2.45) is 0 Å². The molecule has 146 valence electrons. The van der Waals surface area contributed by atoms with Crippen molar-refractivity contribution in [3.63, 3.8) is 0 Å². The number of benzene rings is 2. The van der Waals surface area contributed by atoms with Gasteiger partial charge >= 0.3 is 0 Å². The smallest absolute Gasteiger partial charge is 0.254 e. The second-order valence-electron chi connectivity index (χ2n) is 7.65. The molecule has 2 N–H and O–H groups in total. The number of hydrogen-bond donors (Lipinski definition) is 2. The van der Waals surface area contributed by atoms with Crippen molar-refractivity contribution in [3.05, 3.63) is 71.3 Å². The van der Waals surface area contributed by atoms with E-state index in [9.17, 15) is 9.59 Å². The Bertz CT molecular complexity index is 837. The molecule has 2 aromatic carbocycles. The fourth-order valence-corrected chi connectivity index (χ4v) is 4.29. The van der Waals surface area contributed by atoms with Gasteiger partial charge < -0.3 is 15.5 Å². The van der Waals surface area contributed by atoms with Crippen molar-refractivity contribution in [3.8, 4) is 0 Å². The van der Waals surface area contributed by atoms with Gasteiger partial charge in [-0.05, 0) is 36.6 Å². The van der Waals surface area contributed by atoms with Gasteiger partial charge in [-0.1, -0.05) is 48.5 Å². The predicted molar refractivity (Wildman–Crippen MR) is 109 cm³/mol. The quantitative estimate of drug-likeness (QED) is 0.803. The van der Waals surface area contributed by atoms with E-state index in [4.69, 9.17) is 0 Å². The Labute approximate surface area is 166 Å². The summed E-state index contributed by atoms with van der Waals surface area (Å²) in [6.07, 6.45) is 2.13. The molecular formula is C23H27N3O2. The summed E-state index contributed by atoms with van der Waals surface area (Å²) in [5, 5.41) is 6.60. The summed E-state index contributed by atoms with van der Waals surface area (Å²) in [5.74, 6) is 0.485. The molecule has 1 saturated heterocycles. The minimum absolute atomic E-state index is 0.00137. The lowest BCUT2D eigenvalue weighted by molar-refractivity contribution is -0.121. The summed E-state index contributed by atoms with van der Waals surface area (Å²) >= 11 is 0. The van der Waals surface area contributed by atoms with Crippen LogP contribution in [0.2, 0.25) is 0 Å². The normalized spacial score (nSPS) is 23.6. The minimum atomic E-state index is -0.00137. The number of amides is 2. The average Bonchev–Trinajstić information content (AvgIpc) is 2.74. The summed E-state index contributed by atoms with van der Waals surface area (Å²) in [6.45, 7) is 2.82. The first kappa shape index (κ1) is 18.7. The highest BCUT2D eigenvalue weighted by Gasteiger charge is 2.30. The molecule has 2 aliphatic heterocycles. The Morgan fingerprint density at radius 3 is 2.57 bits per heavy atom. The molecule has 5 heteroatoms. The van der Waals surface area contributed by atoms with Crippen LogP contribution in [0.5, 0.6) is 0 Å². The minimum Gasteiger partial charge on any atom is -0.356 e. The SMILES string of the molecule is O=C1CC(c2ccccc2)NCCC2CN(CCCN1)C(=O)c1ccccc12. The van der Waals surface area contributed by atoms with Crippen LogP contribution in [0.15, 0.2) is 54.6 Å². The van der Waals surface area contributed by atoms with Gasteiger partial charge in [0.05, 0.1) is 0 Å². The molecule has 2 heterocycles. The van der Waals surface area contributed by atoms with Crippen molar-refractivity contribution in [2.45, 2.75) is 31.2 Å². The molecule has 28 heavy (non-hydrogen) atoms. The topological polar surface area (TPSA) is 61.4 Å². The van der Waals surface area contributed by atoms with E-state index in [1.54, 1.807) is 0 Å². The van der Waals surface area contributed by atoms with Gasteiger partial charge in [-0.3, -0.25) is 9.59 Å². The van der Waals surface area contributed by atoms with Crippen LogP contribution in [0.3, 0.4) is 0 Å². The third kappa shape index (κ3) is 4.09. The first-order valence-electron chi connectivity index (χ1n) is 10.2. The highest BCUT2D eigenvalue weighted by molar-refractivity contribution is 5.97. The number of carbonyl (C=O) groups excluding carboxylic acids is 2. The lowest BCUT2D eigenvalue weighted by Gasteiger charge is -2.34. The van der Waals surface area contributed by atoms with Crippen molar-refractivity contribution in [1.82, 2.24) is 15.5 Å². The van der Waals surface area contributed by atoms with E-state index < -0.39 is 0 Å². The first-order chi connectivity index (χ1) is 13.7. The van der Waals surface area contributed by atoms with Gasteiger partial charge in [-0.15, -0.1) is 0 Å². The van der Waals surface area contributed by atoms with E-state index in [-0.39, 0.29) is 17.9 Å². The molecule has 2 bridgehead atoms. The van der Waals surface area contributed by atoms with Crippen LogP contribution in [0.1, 0.15) is 52.7 Å². The molecule has 2 unspecified atom stereocenters. The highest BCUT2D eigenvalue weighted by Crippen LogP contribution is 2.31. The molecular weight excluding hydrogens is 350 g/mol. The summed E-state index contributed by atoms with van der Waals surface area (Å²) in [7, 11) is 0. The van der Waals surface area contributed by atoms with Gasteiger partial charge in [0, 0.05) is 43.6 Å². The fraction of sp³-hybridized carbons (Fsp3) is 0.391. The summed E-state index contributed by atoms with van der Waals surface area (Å²) in [5.41, 5.74) is 3.12. The van der Waals surface area contributed by atoms with E-state index in [1.165, 1.54) is 0 Å². The van der Waals surface area contributed by atoms with Gasteiger partial charge in [-0.25, -0.2) is 0 Å². The molecule has 2 aromatic rings. The standard InChI is InChI=1S/C23H27N3O2/c27-22-15-21(17-7-2-1-3-8-17)24-13-11-18-16-26(14-6-12-25-22)23(28)20-10-5-4-9-19(18)20/h1-5,7-10,18,21,24H,6,11-16H2,(H,25,27). The van der Waals surface area contributed by atoms with Crippen LogP contribution in [-0.4, -0.2) is 42.9 Å². The maximum absolute atomic E-state index is 12.8. The molecule has 0 radical (unpaired) electrons. The zero-order chi connectivity index (χ0) is 19.3. The first-order valence-corrected chi connectivity index (χ1v) is 10.2. The van der Waals surface area contributed by atoms with Crippen LogP contribution < -0.4 is 10.6 Å². The molecule has 0 spiro atoms. The number of fused-ring (bicyclic) bond motifs is 4. The van der Waals surface area contributed by atoms with Crippen LogP contribution in [0.25, 0.3) is 0 Å². The molecule has 5 nitrogen and oxygen atoms in total. The molecule has 2 atom stereocenters. The second kappa shape index (κ2) is 8.57. The van der Waals surface area contributed by atoms with Crippen molar-refractivity contribution >= 4 is 11.8 Å². The largest absolute Gasteiger partial charge is 0.356 e. The van der Waals surface area contributed by atoms with Gasteiger partial charge in [0.1, 0.15) is 0 Å². The Morgan fingerprint density at radius 1 is 0.929 bits per heavy atom. The Morgan fingerprint density at radius 2 is 1.71 bits per heavy atom. The average molecular weight is 377 g/mol. The molecule has 0 aliphatic carbocycles. The van der Waals surface area contributed by atoms with E-state index in [0.29, 0.717) is 25.4 Å². The molecule has 0 aromatic heterocycles. The summed E-state index contributed by atoms with van der Waals surface area (Å²) < 4.78 is 0. The molecule has 0 saturated carbocycles. The highest BCUT2D eigenvalue weighted by atomic mass is 16.2. The predicted octanol–water partition coefficient (Wildman–Crippen LogP) is 2.86. The molecule has 2 aliphatic rings. The third-order valence-electron chi connectivity index (χ3n) is 5.76. The van der Waals surface area contributed by atoms with Crippen LogP contribution >= 0.6 is 0 Å². The molecule has 2 amide bonds. The zero-order valence-electron chi connectivity index (χ0n) is 16.1. The van der Waals surface area contributed by atoms with E-state index >= 15 is 0 Å². The lowest BCUT2D eigenvalue weighted by Crippen LogP contribution is -2.41. The van der Waals surface area contributed by atoms with Crippen molar-refractivity contribution < 1.29 is 9.59 Å². The third-order valence-corrected chi connectivity index (χ3v) is 5.76. The van der Waals surface area contributed by atoms with Gasteiger partial charge in [-0.2, -0.15) is 0 Å². The lowest BCUT2D eigenvalue weighted by atomic mass is 9.87. The zero-order valence-corrected chi connectivity index (χ0v) is 16.1. The monoisotopic (exact) mass is 377 g/mol. The van der Waals surface area contributed by atoms with E-state index in [1.807, 2.05) is 41.3 Å². The van der Waals surface area contributed by atoms with Gasteiger partial charge in [0.2, 0.25) is 5.91 Å². The summed E-state index contributed by atoms with van der Waals surface area (Å²) in [4.78, 5) is 27.2. The molecule has 4 rings (SSSR count). The van der Waals surface area contributed by atoms with Gasteiger partial charge in [0.25, 0.3) is 5.91 Å². The number of nitrogens with one attached hydrogen (secondary N) is 2. The Balaban J connectivity index is 1.57. The summed E-state index contributed by atoms with van der Waals surface area (Å²) in [6, 6.07) is 18.1. The van der Waals surface area contributed by atoms with Crippen molar-refractivity contribution in [1.29, 1.82) is 0 Å². The number of rotatable bonds is 1. The number of carbonyl (C=O) groups is 2. The van der Waals surface area contributed by atoms with Gasteiger partial charge in [0.15, 0.2) is 0 Å². The Hall–Kier alpha value is -2.66. The van der Waals surface area contributed by atoms with E-state index in [0.717, 1.165) is 42.6 Å². The fourth-order valence-electron chi connectivity index (χ4n) is 4.29. The number of nitrogens with zero attached hydrogens (tertiary/aromatic N) is 1. The maximum atomic E-state index is 12.8. The van der Waals surface area contributed by atoms with E-state index in [2.05, 4.69) is 28.8 Å². The Kier molecular flexibility index (Phi) is 5.72.